The summed E-state index contributed by atoms with van der Waals surface area (Å²) in [5, 5.41) is 8.96. The fourth-order valence-corrected chi connectivity index (χ4v) is 3.95. The average Bonchev–Trinajstić information content (AvgIpc) is 3.29. The lowest BCUT2D eigenvalue weighted by Gasteiger charge is -2.13. The van der Waals surface area contributed by atoms with Crippen LogP contribution in [0.2, 0.25) is 0 Å². The summed E-state index contributed by atoms with van der Waals surface area (Å²) in [6, 6.07) is 14.1. The van der Waals surface area contributed by atoms with Gasteiger partial charge in [0.25, 0.3) is 0 Å². The van der Waals surface area contributed by atoms with Crippen molar-refractivity contribution in [1.82, 2.24) is 9.97 Å². The number of halogens is 3. The zero-order valence-corrected chi connectivity index (χ0v) is 19.2. The molecule has 2 aromatic heterocycles. The largest absolute Gasteiger partial charge is 0.437 e. The number of carbonyl (C=O) groups excluding carboxylic acids is 1. The van der Waals surface area contributed by atoms with Gasteiger partial charge >= 0.3 is 12.2 Å². The van der Waals surface area contributed by atoms with Gasteiger partial charge in [-0.15, -0.1) is 0 Å². The molecule has 0 atom stereocenters. The van der Waals surface area contributed by atoms with Crippen molar-refractivity contribution in [2.24, 2.45) is 0 Å². The fraction of sp³-hybridized carbons (Fsp3) is 0.125. The minimum absolute atomic E-state index is 0.000339. The second-order valence-electron chi connectivity index (χ2n) is 7.20. The Balaban J connectivity index is 1.43. The quantitative estimate of drug-likeness (QED) is 0.253. The molecule has 0 unspecified atom stereocenters. The first-order valence-electron chi connectivity index (χ1n) is 10.5. The van der Waals surface area contributed by atoms with E-state index in [1.54, 1.807) is 41.8 Å². The highest BCUT2D eigenvalue weighted by molar-refractivity contribution is 7.18. The normalized spacial score (nSPS) is 11.1. The Bertz CT molecular complexity index is 1310. The Morgan fingerprint density at radius 2 is 1.83 bits per heavy atom. The molecule has 0 spiro atoms. The number of thiazole rings is 1. The van der Waals surface area contributed by atoms with Crippen molar-refractivity contribution in [2.75, 3.05) is 22.5 Å². The van der Waals surface area contributed by atoms with Crippen LogP contribution in [0.3, 0.4) is 0 Å². The van der Waals surface area contributed by atoms with Gasteiger partial charge in [-0.05, 0) is 67.1 Å². The number of anilines is 3. The maximum Gasteiger partial charge on any atom is 0.416 e. The third-order valence-electron chi connectivity index (χ3n) is 4.65. The van der Waals surface area contributed by atoms with E-state index in [0.29, 0.717) is 5.75 Å². The lowest BCUT2D eigenvalue weighted by Crippen LogP contribution is -2.20. The predicted molar refractivity (Wildman–Crippen MR) is 130 cm³/mol. The molecule has 0 aliphatic carbocycles. The Morgan fingerprint density at radius 3 is 2.57 bits per heavy atom. The molecule has 180 valence electrons. The second-order valence-corrected chi connectivity index (χ2v) is 8.23. The van der Waals surface area contributed by atoms with E-state index in [0.717, 1.165) is 34.2 Å². The molecule has 35 heavy (non-hydrogen) atoms. The van der Waals surface area contributed by atoms with Gasteiger partial charge in [0.2, 0.25) is 5.88 Å². The molecule has 3 N–H and O–H groups in total. The van der Waals surface area contributed by atoms with Gasteiger partial charge in [-0.25, -0.2) is 14.8 Å². The van der Waals surface area contributed by atoms with Crippen molar-refractivity contribution in [3.63, 3.8) is 0 Å². The van der Waals surface area contributed by atoms with Crippen molar-refractivity contribution in [3.05, 3.63) is 78.6 Å². The van der Waals surface area contributed by atoms with Crippen LogP contribution in [0, 0.1) is 0 Å². The highest BCUT2D eigenvalue weighted by atomic mass is 32.1. The molecular formula is C24H20F3N5O2S. The molecule has 7 nitrogen and oxygen atoms in total. The van der Waals surface area contributed by atoms with E-state index in [1.165, 1.54) is 18.3 Å². The summed E-state index contributed by atoms with van der Waals surface area (Å²) in [6.45, 7) is 2.79. The minimum atomic E-state index is -4.51. The summed E-state index contributed by atoms with van der Waals surface area (Å²) in [5.74, 6) is 0.622. The van der Waals surface area contributed by atoms with Crippen LogP contribution in [0.4, 0.5) is 34.5 Å². The first kappa shape index (κ1) is 24.0. The Kier molecular flexibility index (Phi) is 7.16. The first-order valence-corrected chi connectivity index (χ1v) is 11.3. The van der Waals surface area contributed by atoms with Gasteiger partial charge in [0.15, 0.2) is 5.13 Å². The van der Waals surface area contributed by atoms with Crippen molar-refractivity contribution < 1.29 is 22.7 Å². The number of rotatable bonds is 7. The highest BCUT2D eigenvalue weighted by Gasteiger charge is 2.30. The van der Waals surface area contributed by atoms with Crippen molar-refractivity contribution >= 4 is 33.9 Å². The molecule has 4 aromatic rings. The number of benzene rings is 2. The van der Waals surface area contributed by atoms with E-state index in [-0.39, 0.29) is 17.3 Å². The van der Waals surface area contributed by atoms with Gasteiger partial charge in [0.05, 0.1) is 10.4 Å². The van der Waals surface area contributed by atoms with Crippen LogP contribution in [-0.4, -0.2) is 22.5 Å². The van der Waals surface area contributed by atoms with E-state index in [9.17, 15) is 18.0 Å². The number of alkyl halides is 3. The van der Waals surface area contributed by atoms with Crippen molar-refractivity contribution in [3.8, 4) is 22.1 Å². The van der Waals surface area contributed by atoms with E-state index < -0.39 is 17.8 Å². The number of amides is 2. The summed E-state index contributed by atoms with van der Waals surface area (Å²) < 4.78 is 44.6. The summed E-state index contributed by atoms with van der Waals surface area (Å²) in [7, 11) is 0. The Labute approximate surface area is 203 Å². The van der Waals surface area contributed by atoms with Crippen molar-refractivity contribution in [2.45, 2.75) is 13.1 Å². The number of nitrogens with one attached hydrogen (secondary N) is 3. The van der Waals surface area contributed by atoms with E-state index in [2.05, 4.69) is 25.9 Å². The molecule has 0 radical (unpaired) electrons. The molecule has 11 heteroatoms. The summed E-state index contributed by atoms with van der Waals surface area (Å²) in [5.41, 5.74) is 0.359. The Hall–Kier alpha value is -4.12. The summed E-state index contributed by atoms with van der Waals surface area (Å²) >= 11 is 1.54. The zero-order chi connectivity index (χ0) is 24.8. The molecule has 2 amide bonds. The van der Waals surface area contributed by atoms with Crippen molar-refractivity contribution in [1.29, 1.82) is 0 Å². The number of ether oxygens (including phenoxy) is 1. The molecule has 0 aliphatic rings. The van der Waals surface area contributed by atoms with E-state index in [1.807, 2.05) is 19.1 Å². The van der Waals surface area contributed by atoms with Crippen LogP contribution < -0.4 is 20.7 Å². The lowest BCUT2D eigenvalue weighted by molar-refractivity contribution is -0.137. The highest BCUT2D eigenvalue weighted by Crippen LogP contribution is 2.33. The van der Waals surface area contributed by atoms with Gasteiger partial charge < -0.3 is 20.7 Å². The van der Waals surface area contributed by atoms with Crippen LogP contribution in [-0.2, 0) is 6.18 Å². The van der Waals surface area contributed by atoms with Crippen LogP contribution in [0.25, 0.3) is 10.4 Å². The topological polar surface area (TPSA) is 88.2 Å². The van der Waals surface area contributed by atoms with Gasteiger partial charge in [0, 0.05) is 24.6 Å². The predicted octanol–water partition coefficient (Wildman–Crippen LogP) is 7.09. The fourth-order valence-electron chi connectivity index (χ4n) is 3.06. The number of hydrogen-bond acceptors (Lipinski definition) is 6. The van der Waals surface area contributed by atoms with E-state index in [4.69, 9.17) is 4.74 Å². The third-order valence-corrected chi connectivity index (χ3v) is 5.66. The average molecular weight is 500 g/mol. The molecule has 0 saturated carbocycles. The molecular weight excluding hydrogens is 479 g/mol. The number of carbonyl (C=O) groups is 1. The third kappa shape index (κ3) is 6.27. The van der Waals surface area contributed by atoms with Gasteiger partial charge in [0.1, 0.15) is 11.4 Å². The van der Waals surface area contributed by atoms with Gasteiger partial charge in [-0.1, -0.05) is 17.4 Å². The molecule has 0 aliphatic heterocycles. The number of nitrogens with zero attached hydrogens (tertiary/aromatic N) is 2. The van der Waals surface area contributed by atoms with Crippen LogP contribution in [0.5, 0.6) is 11.6 Å². The molecule has 2 aromatic carbocycles. The molecule has 2 heterocycles. The smallest absolute Gasteiger partial charge is 0.416 e. The standard InChI is InChI=1S/C24H20F3N5O2S/c1-2-28-23-30-14-20(35-23)15-8-10-18(11-9-15)34-21-19(7-4-12-29-21)32-22(33)31-17-6-3-5-16(13-17)24(25,26)27/h3-14H,2H2,1H3,(H,28,30)(H2,31,32,33). The maximum absolute atomic E-state index is 12.9. The van der Waals surface area contributed by atoms with Crippen LogP contribution in [0.15, 0.2) is 73.1 Å². The van der Waals surface area contributed by atoms with Gasteiger partial charge in [-0.2, -0.15) is 13.2 Å². The lowest BCUT2D eigenvalue weighted by atomic mass is 10.2. The van der Waals surface area contributed by atoms with Gasteiger partial charge in [-0.3, -0.25) is 0 Å². The molecule has 0 bridgehead atoms. The zero-order valence-electron chi connectivity index (χ0n) is 18.4. The molecule has 0 fully saturated rings. The number of pyridine rings is 1. The number of urea groups is 1. The van der Waals surface area contributed by atoms with Crippen LogP contribution in [0.1, 0.15) is 12.5 Å². The minimum Gasteiger partial charge on any atom is -0.437 e. The summed E-state index contributed by atoms with van der Waals surface area (Å²) in [4.78, 5) is 21.9. The first-order chi connectivity index (χ1) is 16.8. The maximum atomic E-state index is 12.9. The summed E-state index contributed by atoms with van der Waals surface area (Å²) in [6.07, 6.45) is -1.22. The molecule has 0 saturated heterocycles. The number of aromatic nitrogens is 2. The Morgan fingerprint density at radius 1 is 1.03 bits per heavy atom. The monoisotopic (exact) mass is 499 g/mol. The SMILES string of the molecule is CCNc1ncc(-c2ccc(Oc3ncccc3NC(=O)Nc3cccc(C(F)(F)F)c3)cc2)s1. The number of hydrogen-bond donors (Lipinski definition) is 3. The van der Waals surface area contributed by atoms with E-state index >= 15 is 0 Å². The second kappa shape index (κ2) is 10.4. The van der Waals surface area contributed by atoms with Crippen LogP contribution >= 0.6 is 11.3 Å². The molecule has 4 rings (SSSR count).